The number of methoxy groups -OCH3 is 1. The Morgan fingerprint density at radius 2 is 2.06 bits per heavy atom. The molecule has 0 aliphatic heterocycles. The van der Waals surface area contributed by atoms with E-state index in [0.717, 1.165) is 5.69 Å². The Balaban J connectivity index is 2.37. The molecule has 1 atom stereocenters. The van der Waals surface area contributed by atoms with Gasteiger partial charge in [0.2, 0.25) is 0 Å². The molecular formula is C14H15FN2O. The van der Waals surface area contributed by atoms with Gasteiger partial charge in [0, 0.05) is 17.3 Å². The predicted octanol–water partition coefficient (Wildman–Crippen LogP) is 2.59. The summed E-state index contributed by atoms with van der Waals surface area (Å²) in [4.78, 5) is 4.31. The van der Waals surface area contributed by atoms with Gasteiger partial charge in [-0.1, -0.05) is 12.1 Å². The van der Waals surface area contributed by atoms with Crippen LogP contribution in [0.5, 0.6) is 5.75 Å². The number of aromatic nitrogens is 1. The molecule has 0 saturated heterocycles. The van der Waals surface area contributed by atoms with Crippen LogP contribution < -0.4 is 10.5 Å². The van der Waals surface area contributed by atoms with E-state index >= 15 is 0 Å². The molecule has 0 fully saturated rings. The predicted molar refractivity (Wildman–Crippen MR) is 68.0 cm³/mol. The smallest absolute Gasteiger partial charge is 0.132 e. The van der Waals surface area contributed by atoms with Gasteiger partial charge in [-0.3, -0.25) is 4.98 Å². The number of pyridine rings is 1. The van der Waals surface area contributed by atoms with E-state index in [2.05, 4.69) is 4.98 Å². The number of nitrogens with two attached hydrogens (primary N) is 1. The molecule has 0 spiro atoms. The van der Waals surface area contributed by atoms with Crippen molar-refractivity contribution in [3.05, 3.63) is 59.2 Å². The maximum absolute atomic E-state index is 13.9. The summed E-state index contributed by atoms with van der Waals surface area (Å²) >= 11 is 0. The largest absolute Gasteiger partial charge is 0.497 e. The molecule has 2 N–H and O–H groups in total. The van der Waals surface area contributed by atoms with E-state index in [1.54, 1.807) is 18.2 Å². The van der Waals surface area contributed by atoms with E-state index < -0.39 is 6.04 Å². The lowest BCUT2D eigenvalue weighted by Gasteiger charge is -2.13. The third kappa shape index (κ3) is 2.49. The standard InChI is InChI=1S/C14H15FN2O/c1-9-4-3-5-13(17-9)14(16)11-7-6-10(18-2)8-12(11)15/h3-8,14H,16H2,1-2H3. The first kappa shape index (κ1) is 12.5. The highest BCUT2D eigenvalue weighted by molar-refractivity contribution is 5.34. The molecule has 0 aliphatic rings. The van der Waals surface area contributed by atoms with Crippen LogP contribution in [0.15, 0.2) is 36.4 Å². The monoisotopic (exact) mass is 246 g/mol. The average Bonchev–Trinajstić information content (AvgIpc) is 2.37. The average molecular weight is 246 g/mol. The highest BCUT2D eigenvalue weighted by atomic mass is 19.1. The normalized spacial score (nSPS) is 12.2. The molecule has 3 nitrogen and oxygen atoms in total. The maximum Gasteiger partial charge on any atom is 0.132 e. The SMILES string of the molecule is COc1ccc(C(N)c2cccc(C)n2)c(F)c1. The second-order valence-corrected chi connectivity index (χ2v) is 4.07. The molecule has 1 unspecified atom stereocenters. The highest BCUT2D eigenvalue weighted by Gasteiger charge is 2.15. The summed E-state index contributed by atoms with van der Waals surface area (Å²) in [6.45, 7) is 1.88. The highest BCUT2D eigenvalue weighted by Crippen LogP contribution is 2.24. The summed E-state index contributed by atoms with van der Waals surface area (Å²) in [6.07, 6.45) is 0. The first-order valence-corrected chi connectivity index (χ1v) is 5.64. The zero-order valence-corrected chi connectivity index (χ0v) is 10.4. The van der Waals surface area contributed by atoms with Gasteiger partial charge in [0.05, 0.1) is 18.8 Å². The molecule has 18 heavy (non-hydrogen) atoms. The molecule has 2 aromatic rings. The molecule has 2 rings (SSSR count). The summed E-state index contributed by atoms with van der Waals surface area (Å²) in [6, 6.07) is 9.60. The van der Waals surface area contributed by atoms with Crippen LogP contribution in [-0.4, -0.2) is 12.1 Å². The summed E-state index contributed by atoms with van der Waals surface area (Å²) in [7, 11) is 1.50. The minimum absolute atomic E-state index is 0.384. The Bertz CT molecular complexity index is 557. The number of nitrogens with zero attached hydrogens (tertiary/aromatic N) is 1. The number of benzene rings is 1. The van der Waals surface area contributed by atoms with E-state index in [1.165, 1.54) is 13.2 Å². The Labute approximate surface area is 105 Å². The third-order valence-electron chi connectivity index (χ3n) is 2.77. The van der Waals surface area contributed by atoms with Crippen LogP contribution in [0.4, 0.5) is 4.39 Å². The second-order valence-electron chi connectivity index (χ2n) is 4.07. The quantitative estimate of drug-likeness (QED) is 0.905. The fourth-order valence-electron chi connectivity index (χ4n) is 1.78. The molecule has 94 valence electrons. The Morgan fingerprint density at radius 3 is 2.67 bits per heavy atom. The summed E-state index contributed by atoms with van der Waals surface area (Å²) in [5.41, 5.74) is 7.96. The first-order valence-electron chi connectivity index (χ1n) is 5.64. The third-order valence-corrected chi connectivity index (χ3v) is 2.77. The molecule has 1 aromatic heterocycles. The Morgan fingerprint density at radius 1 is 1.28 bits per heavy atom. The zero-order valence-electron chi connectivity index (χ0n) is 10.4. The lowest BCUT2D eigenvalue weighted by atomic mass is 10.0. The molecular weight excluding hydrogens is 231 g/mol. The maximum atomic E-state index is 13.9. The minimum Gasteiger partial charge on any atom is -0.497 e. The van der Waals surface area contributed by atoms with Gasteiger partial charge in [-0.15, -0.1) is 0 Å². The van der Waals surface area contributed by atoms with E-state index in [1.807, 2.05) is 19.1 Å². The van der Waals surface area contributed by atoms with E-state index in [9.17, 15) is 4.39 Å². The van der Waals surface area contributed by atoms with Gasteiger partial charge in [-0.05, 0) is 25.1 Å². The van der Waals surface area contributed by atoms with Crippen LogP contribution in [0.2, 0.25) is 0 Å². The number of rotatable bonds is 3. The summed E-state index contributed by atoms with van der Waals surface area (Å²) in [5, 5.41) is 0. The Kier molecular flexibility index (Phi) is 3.58. The van der Waals surface area contributed by atoms with Crippen molar-refractivity contribution < 1.29 is 9.13 Å². The van der Waals surface area contributed by atoms with Crippen molar-refractivity contribution in [2.24, 2.45) is 5.73 Å². The molecule has 1 heterocycles. The van der Waals surface area contributed by atoms with Gasteiger partial charge in [0.15, 0.2) is 0 Å². The molecule has 0 bridgehead atoms. The minimum atomic E-state index is -0.573. The van der Waals surface area contributed by atoms with Gasteiger partial charge >= 0.3 is 0 Å². The number of hydrogen-bond donors (Lipinski definition) is 1. The fraction of sp³-hybridized carbons (Fsp3) is 0.214. The van der Waals surface area contributed by atoms with Gasteiger partial charge in [0.25, 0.3) is 0 Å². The number of halogens is 1. The Hall–Kier alpha value is -1.94. The van der Waals surface area contributed by atoms with Crippen LogP contribution in [0.25, 0.3) is 0 Å². The molecule has 0 saturated carbocycles. The van der Waals surface area contributed by atoms with Crippen molar-refractivity contribution >= 4 is 0 Å². The van der Waals surface area contributed by atoms with E-state index in [-0.39, 0.29) is 5.82 Å². The molecule has 0 radical (unpaired) electrons. The van der Waals surface area contributed by atoms with E-state index in [4.69, 9.17) is 10.5 Å². The summed E-state index contributed by atoms with van der Waals surface area (Å²) < 4.78 is 18.8. The van der Waals surface area contributed by atoms with Crippen LogP contribution in [0, 0.1) is 12.7 Å². The topological polar surface area (TPSA) is 48.1 Å². The second kappa shape index (κ2) is 5.14. The molecule has 1 aromatic carbocycles. The lowest BCUT2D eigenvalue weighted by molar-refractivity contribution is 0.410. The number of aryl methyl sites for hydroxylation is 1. The number of ether oxygens (including phenoxy) is 1. The van der Waals surface area contributed by atoms with Gasteiger partial charge in [0.1, 0.15) is 11.6 Å². The molecule has 4 heteroatoms. The van der Waals surface area contributed by atoms with Gasteiger partial charge in [-0.2, -0.15) is 0 Å². The fourth-order valence-corrected chi connectivity index (χ4v) is 1.78. The molecule has 0 aliphatic carbocycles. The summed E-state index contributed by atoms with van der Waals surface area (Å²) in [5.74, 6) is 0.0887. The molecule has 0 amide bonds. The van der Waals surface area contributed by atoms with Crippen LogP contribution in [0.1, 0.15) is 23.0 Å². The van der Waals surface area contributed by atoms with Crippen molar-refractivity contribution in [2.45, 2.75) is 13.0 Å². The first-order chi connectivity index (χ1) is 8.61. The number of hydrogen-bond acceptors (Lipinski definition) is 3. The zero-order chi connectivity index (χ0) is 13.1. The lowest BCUT2D eigenvalue weighted by Crippen LogP contribution is -2.15. The van der Waals surface area contributed by atoms with Crippen molar-refractivity contribution in [1.29, 1.82) is 0 Å². The van der Waals surface area contributed by atoms with Gasteiger partial charge in [-0.25, -0.2) is 4.39 Å². The van der Waals surface area contributed by atoms with Crippen molar-refractivity contribution in [1.82, 2.24) is 4.98 Å². The van der Waals surface area contributed by atoms with Crippen molar-refractivity contribution in [3.8, 4) is 5.75 Å². The van der Waals surface area contributed by atoms with Crippen molar-refractivity contribution in [2.75, 3.05) is 7.11 Å². The van der Waals surface area contributed by atoms with Crippen LogP contribution >= 0.6 is 0 Å². The van der Waals surface area contributed by atoms with Crippen LogP contribution in [0.3, 0.4) is 0 Å². The van der Waals surface area contributed by atoms with Gasteiger partial charge < -0.3 is 10.5 Å². The van der Waals surface area contributed by atoms with E-state index in [0.29, 0.717) is 17.0 Å². The van der Waals surface area contributed by atoms with Crippen LogP contribution in [-0.2, 0) is 0 Å². The van der Waals surface area contributed by atoms with Crippen molar-refractivity contribution in [3.63, 3.8) is 0 Å².